The number of nitrogens with two attached hydrogens (primary N) is 2. The second-order valence-electron chi connectivity index (χ2n) is 17.4. The van der Waals surface area contributed by atoms with Crippen LogP contribution < -0.4 is 11.5 Å². The Hall–Kier alpha value is -1.89. The molecule has 22 heterocycles. The van der Waals surface area contributed by atoms with Crippen LogP contribution in [0.4, 0.5) is 0 Å². The number of aliphatic imine (C=N–C) groups is 1. The molecule has 0 spiro atoms. The Morgan fingerprint density at radius 2 is 0.464 bits per heavy atom. The topological polar surface area (TPSA) is 519 Å². The molecule has 12 bridgehead atoms. The van der Waals surface area contributed by atoms with Gasteiger partial charge < -0.3 is 155 Å². The molecule has 0 unspecified atom stereocenters. The summed E-state index contributed by atoms with van der Waals surface area (Å²) >= 11 is 0. The minimum atomic E-state index is -2.16. The fourth-order valence-corrected chi connectivity index (χ4v) is 9.25. The largest absolute Gasteiger partial charge is 0.394 e. The molecule has 32 heteroatoms. The van der Waals surface area contributed by atoms with Crippen molar-refractivity contribution < 1.29 is 144 Å². The Kier molecular flexibility index (Phi) is 18.4. The van der Waals surface area contributed by atoms with Crippen molar-refractivity contribution >= 4 is 5.96 Å². The first-order chi connectivity index (χ1) is 32.8. The van der Waals surface area contributed by atoms with E-state index in [1.165, 1.54) is 0 Å². The van der Waals surface area contributed by atoms with Crippen molar-refractivity contribution in [3.63, 3.8) is 0 Å². The fourth-order valence-electron chi connectivity index (χ4n) is 9.25. The summed E-state index contributed by atoms with van der Waals surface area (Å²) in [5.41, 5.74) is 11.3. The van der Waals surface area contributed by atoms with Crippen LogP contribution in [0.5, 0.6) is 0 Å². The van der Waals surface area contributed by atoms with Gasteiger partial charge in [0.25, 0.3) is 0 Å². The monoisotopic (exact) mass is 1010 g/mol. The van der Waals surface area contributed by atoms with Crippen LogP contribution in [0.25, 0.3) is 0 Å². The maximum absolute atomic E-state index is 11.6. The van der Waals surface area contributed by atoms with Crippen molar-refractivity contribution in [1.82, 2.24) is 0 Å². The van der Waals surface area contributed by atoms with Crippen molar-refractivity contribution in [2.24, 2.45) is 16.5 Å². The maximum atomic E-state index is 11.6. The molecule has 0 aromatic heterocycles. The van der Waals surface area contributed by atoms with E-state index in [9.17, 15) is 86.8 Å². The van der Waals surface area contributed by atoms with E-state index in [2.05, 4.69) is 4.99 Å². The summed E-state index contributed by atoms with van der Waals surface area (Å²) in [6.45, 7) is -6.00. The van der Waals surface area contributed by atoms with Gasteiger partial charge in [-0.3, -0.25) is 0 Å². The molecular formula is C37H63N3O29. The summed E-state index contributed by atoms with van der Waals surface area (Å²) in [6.07, 6.45) is -56.3. The zero-order chi connectivity index (χ0) is 50.3. The summed E-state index contributed by atoms with van der Waals surface area (Å²) in [5.74, 6) is -0.679. The van der Waals surface area contributed by atoms with Crippen LogP contribution in [0.15, 0.2) is 4.99 Å². The molecule has 0 aliphatic carbocycles. The van der Waals surface area contributed by atoms with Gasteiger partial charge in [0, 0.05) is 0 Å². The van der Waals surface area contributed by atoms with Gasteiger partial charge in [-0.2, -0.15) is 0 Å². The number of hydrogen-bond donors (Lipinski definition) is 19. The standard InChI is InChI=1S/C37H63N3O29/c38-37(39)40-13-14(47)31-58-7(1-41)25(13)64-32-20(53)15(48)27(9(3-43)59-32)66-34-22(55)17(50)29(11(5-45)61-34)68-36-24(57)19(52)30(12(6-46)63-36)69-35-23(56)18(51)28(10(4-44)62-35)67-33-21(54)16(49)26(65-31)8(2-42)60-33/h7-36,41-57H,1-6H2,(H4,38,39,40)/t7-,8-,9-,10-,11-,12-,13-,14-,15-,16-,17-,18-,19-,20-,21-,22-,23-,24-,25-,26-,27-,28-,29-,30-,31-,32-,33-,34-,35-,36-/m1/s1. The fraction of sp³-hybridized carbons (Fsp3) is 0.973. The molecule has 22 rings (SSSR count). The van der Waals surface area contributed by atoms with E-state index < -0.39 is 230 Å². The SMILES string of the molecule is NC(N)=N[C@@H]1[C@@H](O)[C@H]2O[C@H]3[C@H](O)[C@@H](O)[C@@H](O[C@H]4[C@H](O)[C@@H](O)[C@@H](O[C@H]5[C@H](O)[C@@H](O)[C@@H](O[C@H]6[C@H](O)[C@@H](O)[C@@H](O[C@H]7[C@H](O)[C@@H](O)[C@@H](O[C@@H]1[C@@H](CO)O2)O[C@@H]7CO)O[C@@H]6CO)O[C@@H]5CO)O[C@@H]4CO)O[C@@H]3CO. The van der Waals surface area contributed by atoms with Crippen LogP contribution in [-0.2, 0) is 56.8 Å². The number of hydrogen-bond acceptors (Lipinski definition) is 30. The molecule has 0 amide bonds. The molecule has 0 saturated carbocycles. The van der Waals surface area contributed by atoms with Gasteiger partial charge in [0.1, 0.15) is 146 Å². The highest BCUT2D eigenvalue weighted by atomic mass is 16.8. The Morgan fingerprint density at radius 1 is 0.275 bits per heavy atom. The molecule has 32 nitrogen and oxygen atoms in total. The zero-order valence-corrected chi connectivity index (χ0v) is 36.2. The molecule has 22 aliphatic rings. The Labute approximate surface area is 389 Å². The highest BCUT2D eigenvalue weighted by Gasteiger charge is 2.59. The predicted molar refractivity (Wildman–Crippen MR) is 209 cm³/mol. The van der Waals surface area contributed by atoms with Crippen molar-refractivity contribution in [2.75, 3.05) is 39.6 Å². The number of nitrogens with zero attached hydrogens (tertiary/aromatic N) is 1. The molecular weight excluding hydrogens is 950 g/mol. The van der Waals surface area contributed by atoms with Gasteiger partial charge in [-0.25, -0.2) is 4.99 Å². The van der Waals surface area contributed by atoms with Gasteiger partial charge in [0.05, 0.1) is 39.6 Å². The molecule has 30 atom stereocenters. The number of ether oxygens (including phenoxy) is 12. The molecule has 400 valence electrons. The molecule has 0 aromatic carbocycles. The van der Waals surface area contributed by atoms with Crippen molar-refractivity contribution in [2.45, 2.75) is 184 Å². The molecule has 0 aromatic rings. The quantitative estimate of drug-likeness (QED) is 0.0832. The number of aliphatic hydroxyl groups is 17. The second kappa shape index (κ2) is 23.1. The first kappa shape index (κ1) is 54.9. The average Bonchev–Trinajstić information content (AvgIpc) is 3.33. The van der Waals surface area contributed by atoms with Crippen molar-refractivity contribution in [3.8, 4) is 0 Å². The zero-order valence-electron chi connectivity index (χ0n) is 36.2. The third kappa shape index (κ3) is 10.9. The number of guanidine groups is 1. The molecule has 69 heavy (non-hydrogen) atoms. The molecule has 22 saturated heterocycles. The van der Waals surface area contributed by atoms with E-state index in [0.29, 0.717) is 0 Å². The van der Waals surface area contributed by atoms with E-state index in [0.717, 1.165) is 0 Å². The highest BCUT2D eigenvalue weighted by Crippen LogP contribution is 2.38. The minimum absolute atomic E-state index is 0.679. The van der Waals surface area contributed by atoms with Crippen LogP contribution in [0.1, 0.15) is 0 Å². The van der Waals surface area contributed by atoms with E-state index in [1.807, 2.05) is 0 Å². The van der Waals surface area contributed by atoms with E-state index in [1.54, 1.807) is 0 Å². The lowest BCUT2D eigenvalue weighted by molar-refractivity contribution is -0.400. The van der Waals surface area contributed by atoms with Gasteiger partial charge in [0.2, 0.25) is 0 Å². The first-order valence-corrected chi connectivity index (χ1v) is 21.9. The molecule has 22 fully saturated rings. The van der Waals surface area contributed by atoms with Gasteiger partial charge in [-0.1, -0.05) is 0 Å². The summed E-state index contributed by atoms with van der Waals surface area (Å²) < 4.78 is 68.7. The Balaban J connectivity index is 1.22. The lowest BCUT2D eigenvalue weighted by Crippen LogP contribution is -2.69. The average molecular weight is 1010 g/mol. The lowest BCUT2D eigenvalue weighted by Gasteiger charge is -2.50. The van der Waals surface area contributed by atoms with Gasteiger partial charge >= 0.3 is 0 Å². The van der Waals surface area contributed by atoms with Crippen LogP contribution in [0, 0.1) is 0 Å². The molecule has 21 N–H and O–H groups in total. The van der Waals surface area contributed by atoms with E-state index >= 15 is 0 Å². The Morgan fingerprint density at radius 3 is 0.667 bits per heavy atom. The summed E-state index contributed by atoms with van der Waals surface area (Å²) in [6, 6.07) is -1.73. The summed E-state index contributed by atoms with van der Waals surface area (Å²) in [5, 5.41) is 186. The maximum Gasteiger partial charge on any atom is 0.187 e. The predicted octanol–water partition coefficient (Wildman–Crippen LogP) is -13.8. The molecule has 22 aliphatic heterocycles. The summed E-state index contributed by atoms with van der Waals surface area (Å²) in [7, 11) is 0. The van der Waals surface area contributed by atoms with E-state index in [4.69, 9.17) is 68.3 Å². The second-order valence-corrected chi connectivity index (χ2v) is 17.4. The highest BCUT2D eigenvalue weighted by molar-refractivity contribution is 5.76. The van der Waals surface area contributed by atoms with Crippen LogP contribution in [-0.4, -0.2) is 317 Å². The van der Waals surface area contributed by atoms with Crippen molar-refractivity contribution in [1.29, 1.82) is 0 Å². The first-order valence-electron chi connectivity index (χ1n) is 21.9. The summed E-state index contributed by atoms with van der Waals surface area (Å²) in [4.78, 5) is 3.97. The number of aliphatic hydroxyl groups excluding tert-OH is 17. The van der Waals surface area contributed by atoms with Gasteiger partial charge in [0.15, 0.2) is 43.7 Å². The lowest BCUT2D eigenvalue weighted by atomic mass is 9.94. The third-order valence-electron chi connectivity index (χ3n) is 13.0. The minimum Gasteiger partial charge on any atom is -0.394 e. The van der Waals surface area contributed by atoms with Crippen LogP contribution >= 0.6 is 0 Å². The van der Waals surface area contributed by atoms with E-state index in [-0.39, 0.29) is 0 Å². The van der Waals surface area contributed by atoms with Crippen LogP contribution in [0.3, 0.4) is 0 Å². The van der Waals surface area contributed by atoms with Crippen molar-refractivity contribution in [3.05, 3.63) is 0 Å². The van der Waals surface area contributed by atoms with Gasteiger partial charge in [-0.05, 0) is 0 Å². The van der Waals surface area contributed by atoms with Crippen LogP contribution in [0.2, 0.25) is 0 Å². The molecule has 0 radical (unpaired) electrons. The van der Waals surface area contributed by atoms with Gasteiger partial charge in [-0.15, -0.1) is 0 Å². The number of rotatable bonds is 7. The normalized spacial score (nSPS) is 53.3. The third-order valence-corrected chi connectivity index (χ3v) is 13.0. The Bertz CT molecular complexity index is 1650. The smallest absolute Gasteiger partial charge is 0.187 e.